The molecule has 1 aliphatic carbocycles. The summed E-state index contributed by atoms with van der Waals surface area (Å²) >= 11 is 0. The van der Waals surface area contributed by atoms with Crippen molar-refractivity contribution in [1.82, 2.24) is 0 Å². The first-order valence-electron chi connectivity index (χ1n) is 6.24. The maximum Gasteiger partial charge on any atom is -0.0386 e. The maximum absolute atomic E-state index is 2.38. The van der Waals surface area contributed by atoms with Gasteiger partial charge >= 0.3 is 0 Å². The third-order valence-electron chi connectivity index (χ3n) is 3.62. The SMILES string of the molecule is CCC(CC(C)C)C1CCCCC1. The van der Waals surface area contributed by atoms with Crippen LogP contribution in [0.2, 0.25) is 0 Å². The molecule has 1 aliphatic rings. The van der Waals surface area contributed by atoms with E-state index in [9.17, 15) is 0 Å². The van der Waals surface area contributed by atoms with E-state index in [-0.39, 0.29) is 0 Å². The zero-order chi connectivity index (χ0) is 9.68. The van der Waals surface area contributed by atoms with Gasteiger partial charge in [-0.15, -0.1) is 0 Å². The Kier molecular flexibility index (Phi) is 4.83. The summed E-state index contributed by atoms with van der Waals surface area (Å²) in [6.07, 6.45) is 10.4. The van der Waals surface area contributed by atoms with Crippen LogP contribution >= 0.6 is 0 Å². The van der Waals surface area contributed by atoms with Crippen molar-refractivity contribution < 1.29 is 0 Å². The lowest BCUT2D eigenvalue weighted by atomic mass is 9.75. The highest BCUT2D eigenvalue weighted by Crippen LogP contribution is 2.34. The van der Waals surface area contributed by atoms with E-state index in [2.05, 4.69) is 20.8 Å². The Morgan fingerprint density at radius 2 is 1.69 bits per heavy atom. The van der Waals surface area contributed by atoms with Crippen molar-refractivity contribution >= 4 is 0 Å². The molecule has 0 heteroatoms. The van der Waals surface area contributed by atoms with Gasteiger partial charge in [-0.25, -0.2) is 0 Å². The Bertz CT molecular complexity index is 120. The smallest absolute Gasteiger partial charge is 0.0386 e. The average Bonchev–Trinajstić information content (AvgIpc) is 2.15. The van der Waals surface area contributed by atoms with Crippen molar-refractivity contribution in [2.45, 2.75) is 65.7 Å². The van der Waals surface area contributed by atoms with E-state index in [1.165, 1.54) is 44.9 Å². The van der Waals surface area contributed by atoms with Crippen LogP contribution in [0.4, 0.5) is 0 Å². The van der Waals surface area contributed by atoms with Crippen LogP contribution < -0.4 is 0 Å². The van der Waals surface area contributed by atoms with Crippen molar-refractivity contribution in [3.05, 3.63) is 0 Å². The minimum atomic E-state index is 0.895. The molecule has 1 atom stereocenters. The molecule has 0 aromatic rings. The summed E-state index contributed by atoms with van der Waals surface area (Å²) in [7, 11) is 0. The van der Waals surface area contributed by atoms with E-state index in [0.29, 0.717) is 0 Å². The molecule has 1 unspecified atom stereocenters. The molecule has 0 aromatic carbocycles. The van der Waals surface area contributed by atoms with E-state index < -0.39 is 0 Å². The van der Waals surface area contributed by atoms with Gasteiger partial charge in [0.2, 0.25) is 0 Å². The Morgan fingerprint density at radius 3 is 2.15 bits per heavy atom. The molecule has 13 heavy (non-hydrogen) atoms. The lowest BCUT2D eigenvalue weighted by Crippen LogP contribution is -2.18. The van der Waals surface area contributed by atoms with E-state index in [1.54, 1.807) is 0 Å². The molecule has 0 aromatic heterocycles. The molecule has 0 radical (unpaired) electrons. The molecule has 0 N–H and O–H groups in total. The zero-order valence-corrected chi connectivity index (χ0v) is 9.68. The van der Waals surface area contributed by atoms with Gasteiger partial charge in [0.1, 0.15) is 0 Å². The highest BCUT2D eigenvalue weighted by molar-refractivity contribution is 4.74. The summed E-state index contributed by atoms with van der Waals surface area (Å²) in [5, 5.41) is 0. The van der Waals surface area contributed by atoms with Crippen LogP contribution in [0.5, 0.6) is 0 Å². The summed E-state index contributed by atoms with van der Waals surface area (Å²) in [4.78, 5) is 0. The van der Waals surface area contributed by atoms with Crippen molar-refractivity contribution in [3.8, 4) is 0 Å². The second-order valence-electron chi connectivity index (χ2n) is 5.20. The highest BCUT2D eigenvalue weighted by atomic mass is 14.3. The predicted molar refractivity (Wildman–Crippen MR) is 59.8 cm³/mol. The van der Waals surface area contributed by atoms with E-state index in [4.69, 9.17) is 0 Å². The van der Waals surface area contributed by atoms with Crippen molar-refractivity contribution in [2.24, 2.45) is 17.8 Å². The van der Waals surface area contributed by atoms with Gasteiger partial charge < -0.3 is 0 Å². The Morgan fingerprint density at radius 1 is 1.08 bits per heavy atom. The number of rotatable bonds is 4. The Balaban J connectivity index is 2.34. The Hall–Kier alpha value is 0. The number of hydrogen-bond acceptors (Lipinski definition) is 0. The molecule has 78 valence electrons. The zero-order valence-electron chi connectivity index (χ0n) is 9.68. The quantitative estimate of drug-likeness (QED) is 0.594. The molecule has 0 nitrogen and oxygen atoms in total. The monoisotopic (exact) mass is 182 g/mol. The van der Waals surface area contributed by atoms with Gasteiger partial charge in [-0.2, -0.15) is 0 Å². The lowest BCUT2D eigenvalue weighted by molar-refractivity contribution is 0.212. The second kappa shape index (κ2) is 5.67. The second-order valence-corrected chi connectivity index (χ2v) is 5.20. The maximum atomic E-state index is 2.38. The van der Waals surface area contributed by atoms with E-state index >= 15 is 0 Å². The molecule has 0 saturated heterocycles. The predicted octanol–water partition coefficient (Wildman–Crippen LogP) is 4.64. The van der Waals surface area contributed by atoms with Gasteiger partial charge in [0.25, 0.3) is 0 Å². The summed E-state index contributed by atoms with van der Waals surface area (Å²) in [6, 6.07) is 0. The third kappa shape index (κ3) is 3.70. The van der Waals surface area contributed by atoms with Crippen LogP contribution in [0, 0.1) is 17.8 Å². The molecule has 1 saturated carbocycles. The Labute approximate surface area is 84.1 Å². The van der Waals surface area contributed by atoms with Gasteiger partial charge in [0, 0.05) is 0 Å². The van der Waals surface area contributed by atoms with Crippen LogP contribution in [-0.4, -0.2) is 0 Å². The van der Waals surface area contributed by atoms with Crippen LogP contribution in [-0.2, 0) is 0 Å². The fourth-order valence-corrected chi connectivity index (χ4v) is 2.90. The van der Waals surface area contributed by atoms with Gasteiger partial charge in [-0.05, 0) is 24.2 Å². The first kappa shape index (κ1) is 11.1. The minimum absolute atomic E-state index is 0.895. The molecule has 1 fully saturated rings. The molecule has 1 rings (SSSR count). The molecule has 0 bridgehead atoms. The van der Waals surface area contributed by atoms with E-state index in [0.717, 1.165) is 17.8 Å². The fourth-order valence-electron chi connectivity index (χ4n) is 2.90. The van der Waals surface area contributed by atoms with Gasteiger partial charge in [0.15, 0.2) is 0 Å². The van der Waals surface area contributed by atoms with E-state index in [1.807, 2.05) is 0 Å². The molecular weight excluding hydrogens is 156 g/mol. The van der Waals surface area contributed by atoms with Crippen molar-refractivity contribution in [3.63, 3.8) is 0 Å². The van der Waals surface area contributed by atoms with Gasteiger partial charge in [0.05, 0.1) is 0 Å². The fraction of sp³-hybridized carbons (Fsp3) is 1.00. The van der Waals surface area contributed by atoms with Gasteiger partial charge in [-0.1, -0.05) is 59.3 Å². The van der Waals surface area contributed by atoms with Crippen molar-refractivity contribution in [1.29, 1.82) is 0 Å². The van der Waals surface area contributed by atoms with Crippen LogP contribution in [0.15, 0.2) is 0 Å². The first-order valence-corrected chi connectivity index (χ1v) is 6.24. The standard InChI is InChI=1S/C13H26/c1-4-12(10-11(2)3)13-8-6-5-7-9-13/h11-13H,4-10H2,1-3H3. The lowest BCUT2D eigenvalue weighted by Gasteiger charge is -2.30. The van der Waals surface area contributed by atoms with Gasteiger partial charge in [-0.3, -0.25) is 0 Å². The molecular formula is C13H26. The number of hydrogen-bond donors (Lipinski definition) is 0. The molecule has 0 heterocycles. The molecule has 0 spiro atoms. The largest absolute Gasteiger partial charge is 0.0651 e. The summed E-state index contributed by atoms with van der Waals surface area (Å²) in [5.74, 6) is 2.99. The molecule has 0 amide bonds. The van der Waals surface area contributed by atoms with Crippen LogP contribution in [0.25, 0.3) is 0 Å². The van der Waals surface area contributed by atoms with Crippen LogP contribution in [0.3, 0.4) is 0 Å². The third-order valence-corrected chi connectivity index (χ3v) is 3.62. The average molecular weight is 182 g/mol. The topological polar surface area (TPSA) is 0 Å². The summed E-state index contributed by atoms with van der Waals surface area (Å²) in [6.45, 7) is 7.11. The van der Waals surface area contributed by atoms with Crippen LogP contribution in [0.1, 0.15) is 65.7 Å². The molecule has 0 aliphatic heterocycles. The van der Waals surface area contributed by atoms with Crippen molar-refractivity contribution in [2.75, 3.05) is 0 Å². The first-order chi connectivity index (χ1) is 6.24. The minimum Gasteiger partial charge on any atom is -0.0651 e. The highest BCUT2D eigenvalue weighted by Gasteiger charge is 2.22. The normalized spacial score (nSPS) is 22.2. The summed E-state index contributed by atoms with van der Waals surface area (Å²) in [5.41, 5.74) is 0. The summed E-state index contributed by atoms with van der Waals surface area (Å²) < 4.78 is 0.